The van der Waals surface area contributed by atoms with Gasteiger partial charge in [0.2, 0.25) is 5.54 Å². The van der Waals surface area contributed by atoms with Crippen molar-refractivity contribution in [1.82, 2.24) is 0 Å². The summed E-state index contributed by atoms with van der Waals surface area (Å²) in [7, 11) is 0. The number of nitrogens with zero attached hydrogens (tertiary/aromatic N) is 1. The van der Waals surface area contributed by atoms with Crippen LogP contribution in [0.4, 0.5) is 0 Å². The van der Waals surface area contributed by atoms with Crippen molar-refractivity contribution in [2.45, 2.75) is 76.9 Å². The zero-order chi connectivity index (χ0) is 15.5. The quantitative estimate of drug-likeness (QED) is 0.453. The first-order chi connectivity index (χ1) is 9.70. The molecule has 5 heteroatoms. The molecule has 0 amide bonds. The molecule has 4 rings (SSSR count). The first-order valence-corrected chi connectivity index (χ1v) is 8.08. The lowest BCUT2D eigenvalue weighted by Crippen LogP contribution is -2.63. The molecule has 0 saturated heterocycles. The number of esters is 1. The SMILES string of the molecule is CCC(C)(C)C(=O)OC12CC3CC(C1)CC([N+](=O)[O-])(C3)C2. The highest BCUT2D eigenvalue weighted by molar-refractivity contribution is 5.76. The van der Waals surface area contributed by atoms with E-state index in [0.717, 1.165) is 25.7 Å². The normalized spacial score (nSPS) is 41.1. The highest BCUT2D eigenvalue weighted by Gasteiger charge is 2.66. The van der Waals surface area contributed by atoms with Gasteiger partial charge < -0.3 is 4.74 Å². The molecular formula is C16H25NO4. The molecule has 0 aromatic rings. The standard InChI is InChI=1S/C16H25NO4/c1-4-14(2,3)13(18)21-16-8-11-5-12(9-16)7-15(6-11,10-16)17(19)20/h11-12H,4-10H2,1-3H3. The molecule has 2 unspecified atom stereocenters. The predicted octanol–water partition coefficient (Wildman–Crippen LogP) is 3.33. The second-order valence-electron chi connectivity index (χ2n) is 8.25. The van der Waals surface area contributed by atoms with Gasteiger partial charge in [-0.15, -0.1) is 0 Å². The van der Waals surface area contributed by atoms with Gasteiger partial charge in [0.25, 0.3) is 0 Å². The lowest BCUT2D eigenvalue weighted by molar-refractivity contribution is -0.592. The van der Waals surface area contributed by atoms with Crippen LogP contribution in [0.25, 0.3) is 0 Å². The van der Waals surface area contributed by atoms with E-state index in [1.54, 1.807) is 0 Å². The molecule has 4 fully saturated rings. The second kappa shape index (κ2) is 4.43. The van der Waals surface area contributed by atoms with Crippen molar-refractivity contribution in [3.05, 3.63) is 10.1 Å². The van der Waals surface area contributed by atoms with Crippen LogP contribution in [0.2, 0.25) is 0 Å². The summed E-state index contributed by atoms with van der Waals surface area (Å²) in [5.74, 6) is 0.522. The minimum Gasteiger partial charge on any atom is -0.458 e. The maximum Gasteiger partial charge on any atom is 0.312 e. The van der Waals surface area contributed by atoms with Gasteiger partial charge in [0.05, 0.1) is 11.8 Å². The van der Waals surface area contributed by atoms with Crippen molar-refractivity contribution < 1.29 is 14.5 Å². The summed E-state index contributed by atoms with van der Waals surface area (Å²) in [5, 5.41) is 11.6. The summed E-state index contributed by atoms with van der Waals surface area (Å²) < 4.78 is 5.94. The first-order valence-electron chi connectivity index (χ1n) is 8.08. The number of carbonyl (C=O) groups excluding carboxylic acids is 1. The van der Waals surface area contributed by atoms with Gasteiger partial charge in [-0.2, -0.15) is 0 Å². The van der Waals surface area contributed by atoms with Gasteiger partial charge >= 0.3 is 5.97 Å². The molecule has 0 aliphatic heterocycles. The van der Waals surface area contributed by atoms with E-state index >= 15 is 0 Å². The molecule has 0 spiro atoms. The van der Waals surface area contributed by atoms with Crippen LogP contribution < -0.4 is 0 Å². The molecule has 0 radical (unpaired) electrons. The summed E-state index contributed by atoms with van der Waals surface area (Å²) in [6.45, 7) is 5.75. The van der Waals surface area contributed by atoms with Crippen molar-refractivity contribution in [1.29, 1.82) is 0 Å². The highest BCUT2D eigenvalue weighted by atomic mass is 16.6. The maximum atomic E-state index is 12.5. The highest BCUT2D eigenvalue weighted by Crippen LogP contribution is 2.60. The molecule has 2 atom stereocenters. The summed E-state index contributed by atoms with van der Waals surface area (Å²) >= 11 is 0. The van der Waals surface area contributed by atoms with E-state index in [-0.39, 0.29) is 10.9 Å². The molecule has 4 aliphatic rings. The Morgan fingerprint density at radius 3 is 2.33 bits per heavy atom. The minimum absolute atomic E-state index is 0.0853. The van der Waals surface area contributed by atoms with Crippen LogP contribution in [0.3, 0.4) is 0 Å². The summed E-state index contributed by atoms with van der Waals surface area (Å²) in [6.07, 6.45) is 5.21. The van der Waals surface area contributed by atoms with Gasteiger partial charge in [-0.3, -0.25) is 14.9 Å². The van der Waals surface area contributed by atoms with E-state index in [9.17, 15) is 14.9 Å². The largest absolute Gasteiger partial charge is 0.458 e. The Kier molecular flexibility index (Phi) is 3.12. The third-order valence-electron chi connectivity index (χ3n) is 6.11. The predicted molar refractivity (Wildman–Crippen MR) is 77.3 cm³/mol. The number of hydrogen-bond donors (Lipinski definition) is 0. The van der Waals surface area contributed by atoms with E-state index in [1.807, 2.05) is 20.8 Å². The van der Waals surface area contributed by atoms with Crippen LogP contribution in [0.1, 0.15) is 65.7 Å². The maximum absolute atomic E-state index is 12.5. The number of rotatable bonds is 4. The molecule has 4 bridgehead atoms. The van der Waals surface area contributed by atoms with Crippen molar-refractivity contribution in [2.75, 3.05) is 0 Å². The topological polar surface area (TPSA) is 69.4 Å². The average Bonchev–Trinajstić information content (AvgIpc) is 2.36. The van der Waals surface area contributed by atoms with Gasteiger partial charge in [-0.05, 0) is 51.4 Å². The number of carbonyl (C=O) groups is 1. The molecule has 5 nitrogen and oxygen atoms in total. The van der Waals surface area contributed by atoms with E-state index in [4.69, 9.17) is 4.74 Å². The first kappa shape index (κ1) is 14.8. The molecule has 4 aliphatic carbocycles. The van der Waals surface area contributed by atoms with E-state index in [2.05, 4.69) is 0 Å². The van der Waals surface area contributed by atoms with E-state index in [1.165, 1.54) is 0 Å². The fraction of sp³-hybridized carbons (Fsp3) is 0.938. The van der Waals surface area contributed by atoms with Crippen molar-refractivity contribution >= 4 is 5.97 Å². The molecular weight excluding hydrogens is 270 g/mol. The average molecular weight is 295 g/mol. The van der Waals surface area contributed by atoms with E-state index in [0.29, 0.717) is 31.1 Å². The summed E-state index contributed by atoms with van der Waals surface area (Å²) in [4.78, 5) is 24.0. The van der Waals surface area contributed by atoms with Crippen molar-refractivity contribution in [3.8, 4) is 0 Å². The third-order valence-corrected chi connectivity index (χ3v) is 6.11. The van der Waals surface area contributed by atoms with Crippen LogP contribution in [-0.4, -0.2) is 22.0 Å². The van der Waals surface area contributed by atoms with Crippen LogP contribution in [0, 0.1) is 27.4 Å². The zero-order valence-corrected chi connectivity index (χ0v) is 13.2. The minimum atomic E-state index is -0.833. The van der Waals surface area contributed by atoms with E-state index < -0.39 is 16.6 Å². The number of nitro groups is 1. The molecule has 118 valence electrons. The second-order valence-corrected chi connectivity index (χ2v) is 8.25. The van der Waals surface area contributed by atoms with Gasteiger partial charge in [-0.25, -0.2) is 0 Å². The van der Waals surface area contributed by atoms with Crippen molar-refractivity contribution in [2.24, 2.45) is 17.3 Å². The smallest absolute Gasteiger partial charge is 0.312 e. The third kappa shape index (κ3) is 2.25. The fourth-order valence-corrected chi connectivity index (χ4v) is 4.94. The monoisotopic (exact) mass is 295 g/mol. The van der Waals surface area contributed by atoms with Gasteiger partial charge in [0.15, 0.2) is 0 Å². The Morgan fingerprint density at radius 2 is 1.86 bits per heavy atom. The summed E-state index contributed by atoms with van der Waals surface area (Å²) in [6, 6.07) is 0. The molecule has 0 heterocycles. The Bertz CT molecular complexity index is 471. The molecule has 0 N–H and O–H groups in total. The van der Waals surface area contributed by atoms with Gasteiger partial charge in [0, 0.05) is 17.8 Å². The molecule has 0 aromatic carbocycles. The lowest BCUT2D eigenvalue weighted by Gasteiger charge is -2.57. The Labute approximate surface area is 125 Å². The Balaban J connectivity index is 1.85. The van der Waals surface area contributed by atoms with Gasteiger partial charge in [-0.1, -0.05) is 6.92 Å². The number of hydrogen-bond acceptors (Lipinski definition) is 4. The van der Waals surface area contributed by atoms with Crippen LogP contribution in [0.5, 0.6) is 0 Å². The zero-order valence-electron chi connectivity index (χ0n) is 13.2. The Hall–Kier alpha value is -1.13. The van der Waals surface area contributed by atoms with Crippen LogP contribution in [0.15, 0.2) is 0 Å². The lowest BCUT2D eigenvalue weighted by atomic mass is 9.51. The Morgan fingerprint density at radius 1 is 1.29 bits per heavy atom. The molecule has 0 aromatic heterocycles. The molecule has 4 saturated carbocycles. The summed E-state index contributed by atoms with van der Waals surface area (Å²) in [5.41, 5.74) is -1.91. The van der Waals surface area contributed by atoms with Gasteiger partial charge in [0.1, 0.15) is 5.60 Å². The van der Waals surface area contributed by atoms with Crippen LogP contribution >= 0.6 is 0 Å². The van der Waals surface area contributed by atoms with Crippen LogP contribution in [-0.2, 0) is 9.53 Å². The number of ether oxygens (including phenoxy) is 1. The van der Waals surface area contributed by atoms with Crippen molar-refractivity contribution in [3.63, 3.8) is 0 Å². The fourth-order valence-electron chi connectivity index (χ4n) is 4.94. The molecule has 21 heavy (non-hydrogen) atoms.